The molecule has 4 heteroatoms. The second-order valence-electron chi connectivity index (χ2n) is 3.31. The second-order valence-corrected chi connectivity index (χ2v) is 3.65. The summed E-state index contributed by atoms with van der Waals surface area (Å²) in [6.07, 6.45) is 1.40. The molecule has 0 saturated heterocycles. The SMILES string of the molecule is CN(C(=O)c1ccoc1Cl)c1ccccc1. The molecule has 1 aromatic carbocycles. The lowest BCUT2D eigenvalue weighted by molar-refractivity contribution is 0.0992. The van der Waals surface area contributed by atoms with Crippen LogP contribution in [0, 0.1) is 0 Å². The van der Waals surface area contributed by atoms with Crippen LogP contribution < -0.4 is 4.90 Å². The van der Waals surface area contributed by atoms with Gasteiger partial charge < -0.3 is 9.32 Å². The number of furan rings is 1. The van der Waals surface area contributed by atoms with E-state index in [4.69, 9.17) is 16.0 Å². The first-order valence-electron chi connectivity index (χ1n) is 4.76. The lowest BCUT2D eigenvalue weighted by Crippen LogP contribution is -2.25. The van der Waals surface area contributed by atoms with Crippen LogP contribution in [0.5, 0.6) is 0 Å². The molecule has 0 aliphatic heterocycles. The molecule has 2 aromatic rings. The Balaban J connectivity index is 2.27. The third-order valence-corrected chi connectivity index (χ3v) is 2.59. The number of rotatable bonds is 2. The molecule has 0 unspecified atom stereocenters. The van der Waals surface area contributed by atoms with Crippen LogP contribution in [0.4, 0.5) is 5.69 Å². The number of hydrogen-bond donors (Lipinski definition) is 0. The molecule has 16 heavy (non-hydrogen) atoms. The predicted octanol–water partition coefficient (Wildman–Crippen LogP) is 3.21. The zero-order chi connectivity index (χ0) is 11.5. The van der Waals surface area contributed by atoms with Crippen molar-refractivity contribution < 1.29 is 9.21 Å². The summed E-state index contributed by atoms with van der Waals surface area (Å²) in [4.78, 5) is 13.5. The molecule has 1 amide bonds. The molecule has 0 N–H and O–H groups in total. The van der Waals surface area contributed by atoms with Gasteiger partial charge in [0.15, 0.2) is 0 Å². The summed E-state index contributed by atoms with van der Waals surface area (Å²) < 4.78 is 4.89. The van der Waals surface area contributed by atoms with E-state index in [1.165, 1.54) is 11.2 Å². The third kappa shape index (κ3) is 1.95. The molecule has 0 saturated carbocycles. The minimum atomic E-state index is -0.190. The maximum Gasteiger partial charge on any atom is 0.262 e. The van der Waals surface area contributed by atoms with Crippen LogP contribution in [-0.4, -0.2) is 13.0 Å². The fourth-order valence-electron chi connectivity index (χ4n) is 1.40. The van der Waals surface area contributed by atoms with Crippen molar-refractivity contribution in [2.75, 3.05) is 11.9 Å². The normalized spacial score (nSPS) is 10.1. The Labute approximate surface area is 98.2 Å². The number of hydrogen-bond acceptors (Lipinski definition) is 2. The van der Waals surface area contributed by atoms with Gasteiger partial charge in [0.05, 0.1) is 11.8 Å². The molecule has 3 nitrogen and oxygen atoms in total. The fraction of sp³-hybridized carbons (Fsp3) is 0.0833. The number of nitrogens with zero attached hydrogens (tertiary/aromatic N) is 1. The zero-order valence-electron chi connectivity index (χ0n) is 8.68. The van der Waals surface area contributed by atoms with Gasteiger partial charge in [0.25, 0.3) is 5.91 Å². The van der Waals surface area contributed by atoms with E-state index in [-0.39, 0.29) is 11.1 Å². The van der Waals surface area contributed by atoms with Crippen molar-refractivity contribution in [1.29, 1.82) is 0 Å². The van der Waals surface area contributed by atoms with Crippen molar-refractivity contribution in [2.24, 2.45) is 0 Å². The summed E-state index contributed by atoms with van der Waals surface area (Å²) in [7, 11) is 1.70. The summed E-state index contributed by atoms with van der Waals surface area (Å²) >= 11 is 5.75. The van der Waals surface area contributed by atoms with Gasteiger partial charge in [-0.15, -0.1) is 0 Å². The van der Waals surface area contributed by atoms with Gasteiger partial charge in [0.1, 0.15) is 0 Å². The van der Waals surface area contributed by atoms with Crippen molar-refractivity contribution in [2.45, 2.75) is 0 Å². The van der Waals surface area contributed by atoms with Crippen molar-refractivity contribution >= 4 is 23.2 Å². The summed E-state index contributed by atoms with van der Waals surface area (Å²) in [5.41, 5.74) is 1.18. The standard InChI is InChI=1S/C12H10ClNO2/c1-14(9-5-3-2-4-6-9)12(15)10-7-8-16-11(10)13/h2-8H,1H3. The van der Waals surface area contributed by atoms with Gasteiger partial charge in [-0.2, -0.15) is 0 Å². The van der Waals surface area contributed by atoms with E-state index in [0.717, 1.165) is 5.69 Å². The maximum absolute atomic E-state index is 12.0. The highest BCUT2D eigenvalue weighted by Crippen LogP contribution is 2.21. The first-order chi connectivity index (χ1) is 7.70. The molecule has 0 aliphatic rings. The average Bonchev–Trinajstić information content (AvgIpc) is 2.75. The summed E-state index contributed by atoms with van der Waals surface area (Å²) in [5, 5.41) is 0.118. The highest BCUT2D eigenvalue weighted by molar-refractivity contribution is 6.32. The molecule has 82 valence electrons. The number of para-hydroxylation sites is 1. The lowest BCUT2D eigenvalue weighted by Gasteiger charge is -2.16. The van der Waals surface area contributed by atoms with E-state index in [2.05, 4.69) is 0 Å². The molecule has 0 fully saturated rings. The number of carbonyl (C=O) groups is 1. The Hall–Kier alpha value is -1.74. The lowest BCUT2D eigenvalue weighted by atomic mass is 10.2. The maximum atomic E-state index is 12.0. The molecular weight excluding hydrogens is 226 g/mol. The van der Waals surface area contributed by atoms with Gasteiger partial charge in [0.2, 0.25) is 5.22 Å². The minimum Gasteiger partial charge on any atom is -0.452 e. The van der Waals surface area contributed by atoms with Crippen LogP contribution in [0.3, 0.4) is 0 Å². The monoisotopic (exact) mass is 235 g/mol. The third-order valence-electron chi connectivity index (χ3n) is 2.30. The highest BCUT2D eigenvalue weighted by Gasteiger charge is 2.18. The fourth-order valence-corrected chi connectivity index (χ4v) is 1.59. The van der Waals surface area contributed by atoms with Gasteiger partial charge in [-0.05, 0) is 29.8 Å². The Morgan fingerprint density at radius 1 is 1.25 bits per heavy atom. The average molecular weight is 236 g/mol. The summed E-state index contributed by atoms with van der Waals surface area (Å²) in [6, 6.07) is 10.9. The van der Waals surface area contributed by atoms with E-state index in [1.54, 1.807) is 13.1 Å². The van der Waals surface area contributed by atoms with E-state index >= 15 is 0 Å². The molecule has 1 aromatic heterocycles. The van der Waals surface area contributed by atoms with Crippen molar-refractivity contribution in [3.8, 4) is 0 Å². The number of carbonyl (C=O) groups excluding carboxylic acids is 1. The van der Waals surface area contributed by atoms with Crippen LogP contribution in [0.1, 0.15) is 10.4 Å². The van der Waals surface area contributed by atoms with E-state index in [9.17, 15) is 4.79 Å². The van der Waals surface area contributed by atoms with E-state index in [0.29, 0.717) is 5.56 Å². The Morgan fingerprint density at radius 2 is 1.94 bits per heavy atom. The number of amides is 1. The molecule has 1 heterocycles. The molecule has 2 rings (SSSR count). The van der Waals surface area contributed by atoms with Crippen molar-refractivity contribution in [3.63, 3.8) is 0 Å². The molecule has 0 atom stereocenters. The van der Waals surface area contributed by atoms with Gasteiger partial charge >= 0.3 is 0 Å². The Kier molecular flexibility index (Phi) is 2.97. The first-order valence-corrected chi connectivity index (χ1v) is 5.14. The first kappa shape index (κ1) is 10.8. The van der Waals surface area contributed by atoms with Crippen LogP contribution >= 0.6 is 11.6 Å². The quantitative estimate of drug-likeness (QED) is 0.801. The van der Waals surface area contributed by atoms with Gasteiger partial charge in [0, 0.05) is 12.7 Å². The molecule has 0 radical (unpaired) electrons. The van der Waals surface area contributed by atoms with Gasteiger partial charge in [-0.25, -0.2) is 0 Å². The zero-order valence-corrected chi connectivity index (χ0v) is 9.44. The van der Waals surface area contributed by atoms with Gasteiger partial charge in [-0.1, -0.05) is 18.2 Å². The van der Waals surface area contributed by atoms with Crippen LogP contribution in [0.25, 0.3) is 0 Å². The Morgan fingerprint density at radius 3 is 2.50 bits per heavy atom. The Bertz CT molecular complexity index is 493. The largest absolute Gasteiger partial charge is 0.452 e. The van der Waals surface area contributed by atoms with Gasteiger partial charge in [-0.3, -0.25) is 4.79 Å². The van der Waals surface area contributed by atoms with Crippen molar-refractivity contribution in [1.82, 2.24) is 0 Å². The number of anilines is 1. The molecular formula is C12H10ClNO2. The smallest absolute Gasteiger partial charge is 0.262 e. The van der Waals surface area contributed by atoms with E-state index in [1.807, 2.05) is 30.3 Å². The number of benzene rings is 1. The van der Waals surface area contributed by atoms with Crippen molar-refractivity contribution in [3.05, 3.63) is 53.4 Å². The second kappa shape index (κ2) is 4.41. The molecule has 0 bridgehead atoms. The molecule has 0 aliphatic carbocycles. The van der Waals surface area contributed by atoms with Crippen LogP contribution in [0.2, 0.25) is 5.22 Å². The molecule has 0 spiro atoms. The topological polar surface area (TPSA) is 33.5 Å². The van der Waals surface area contributed by atoms with E-state index < -0.39 is 0 Å². The van der Waals surface area contributed by atoms with Crippen LogP contribution in [0.15, 0.2) is 47.1 Å². The predicted molar refractivity (Wildman–Crippen MR) is 62.9 cm³/mol. The summed E-state index contributed by atoms with van der Waals surface area (Å²) in [6.45, 7) is 0. The summed E-state index contributed by atoms with van der Waals surface area (Å²) in [5.74, 6) is -0.190. The van der Waals surface area contributed by atoms with Crippen LogP contribution in [-0.2, 0) is 0 Å². The minimum absolute atomic E-state index is 0.118. The highest BCUT2D eigenvalue weighted by atomic mass is 35.5. The number of halogens is 1.